The maximum Gasteiger partial charge on any atom is 0.351 e. The summed E-state index contributed by atoms with van der Waals surface area (Å²) in [5.74, 6) is -0.192. The highest BCUT2D eigenvalue weighted by Crippen LogP contribution is 2.30. The SMILES string of the molecule is O=C(COC(=O)c1cc2ccccc2oc1=O)NC[C@H]1COc2ccccc2O1. The summed E-state index contributed by atoms with van der Waals surface area (Å²) in [6.45, 7) is -0.0622. The highest BCUT2D eigenvalue weighted by atomic mass is 16.6. The lowest BCUT2D eigenvalue weighted by Gasteiger charge is -2.26. The van der Waals surface area contributed by atoms with Crippen molar-refractivity contribution in [3.63, 3.8) is 0 Å². The molecule has 1 N–H and O–H groups in total. The molecule has 2 heterocycles. The van der Waals surface area contributed by atoms with Gasteiger partial charge in [-0.25, -0.2) is 9.59 Å². The number of nitrogens with one attached hydrogen (secondary N) is 1. The molecule has 1 aromatic heterocycles. The minimum atomic E-state index is -0.925. The van der Waals surface area contributed by atoms with Crippen molar-refractivity contribution in [3.8, 4) is 11.5 Å². The summed E-state index contributed by atoms with van der Waals surface area (Å²) in [6, 6.07) is 15.4. The van der Waals surface area contributed by atoms with Gasteiger partial charge in [-0.05, 0) is 24.3 Å². The number of hydrogen-bond acceptors (Lipinski definition) is 7. The second-order valence-corrected chi connectivity index (χ2v) is 6.36. The van der Waals surface area contributed by atoms with Gasteiger partial charge in [0.1, 0.15) is 23.9 Å². The lowest BCUT2D eigenvalue weighted by molar-refractivity contribution is -0.124. The van der Waals surface area contributed by atoms with Gasteiger partial charge in [-0.2, -0.15) is 0 Å². The minimum Gasteiger partial charge on any atom is -0.486 e. The number of esters is 1. The zero-order chi connectivity index (χ0) is 20.2. The summed E-state index contributed by atoms with van der Waals surface area (Å²) >= 11 is 0. The van der Waals surface area contributed by atoms with Crippen LogP contribution in [0.4, 0.5) is 0 Å². The van der Waals surface area contributed by atoms with Crippen LogP contribution in [0.2, 0.25) is 0 Å². The molecule has 3 aromatic rings. The Balaban J connectivity index is 1.29. The van der Waals surface area contributed by atoms with Crippen molar-refractivity contribution in [2.45, 2.75) is 6.10 Å². The van der Waals surface area contributed by atoms with Crippen molar-refractivity contribution >= 4 is 22.8 Å². The van der Waals surface area contributed by atoms with Crippen LogP contribution < -0.4 is 20.4 Å². The Hall–Kier alpha value is -3.81. The van der Waals surface area contributed by atoms with E-state index in [1.807, 2.05) is 12.1 Å². The van der Waals surface area contributed by atoms with Gasteiger partial charge in [-0.15, -0.1) is 0 Å². The number of fused-ring (bicyclic) bond motifs is 2. The van der Waals surface area contributed by atoms with E-state index < -0.39 is 24.1 Å². The standard InChI is InChI=1S/C21H17NO7/c23-19(22-10-14-11-26-17-7-3-4-8-18(17)28-14)12-27-20(24)15-9-13-5-1-2-6-16(13)29-21(15)25/h1-9,14H,10-12H2,(H,22,23)/t14-/m0/s1. The van der Waals surface area contributed by atoms with Crippen LogP contribution in [0.25, 0.3) is 11.0 Å². The number of para-hydroxylation sites is 3. The van der Waals surface area contributed by atoms with Gasteiger partial charge < -0.3 is 23.9 Å². The van der Waals surface area contributed by atoms with Crippen molar-refractivity contribution in [1.82, 2.24) is 5.32 Å². The largest absolute Gasteiger partial charge is 0.486 e. The quantitative estimate of drug-likeness (QED) is 0.520. The number of carbonyl (C=O) groups excluding carboxylic acids is 2. The first kappa shape index (κ1) is 18.5. The van der Waals surface area contributed by atoms with E-state index in [1.165, 1.54) is 6.07 Å². The first-order chi connectivity index (χ1) is 14.1. The number of ether oxygens (including phenoxy) is 3. The third-order valence-electron chi connectivity index (χ3n) is 4.29. The second kappa shape index (κ2) is 8.05. The van der Waals surface area contributed by atoms with Gasteiger partial charge in [0.25, 0.3) is 5.91 Å². The van der Waals surface area contributed by atoms with E-state index in [-0.39, 0.29) is 24.8 Å². The molecule has 8 heteroatoms. The van der Waals surface area contributed by atoms with Crippen LogP contribution in [-0.4, -0.2) is 37.7 Å². The van der Waals surface area contributed by atoms with Crippen LogP contribution >= 0.6 is 0 Å². The first-order valence-corrected chi connectivity index (χ1v) is 8.95. The van der Waals surface area contributed by atoms with E-state index in [4.69, 9.17) is 18.6 Å². The van der Waals surface area contributed by atoms with Crippen molar-refractivity contribution in [3.05, 3.63) is 70.6 Å². The topological polar surface area (TPSA) is 104 Å². The normalized spacial score (nSPS) is 15.0. The molecule has 0 saturated heterocycles. The Bertz CT molecular complexity index is 1120. The molecular weight excluding hydrogens is 378 g/mol. The van der Waals surface area contributed by atoms with E-state index in [0.717, 1.165) is 0 Å². The van der Waals surface area contributed by atoms with E-state index in [0.29, 0.717) is 22.5 Å². The average molecular weight is 395 g/mol. The zero-order valence-electron chi connectivity index (χ0n) is 15.3. The predicted octanol–water partition coefficient (Wildman–Crippen LogP) is 1.91. The van der Waals surface area contributed by atoms with Gasteiger partial charge in [-0.3, -0.25) is 4.79 Å². The molecule has 1 aliphatic heterocycles. The molecule has 1 aliphatic rings. The number of rotatable bonds is 5. The monoisotopic (exact) mass is 395 g/mol. The summed E-state index contributed by atoms with van der Waals surface area (Å²) in [7, 11) is 0. The third kappa shape index (κ3) is 4.21. The van der Waals surface area contributed by atoms with Crippen LogP contribution in [0.1, 0.15) is 10.4 Å². The summed E-state index contributed by atoms with van der Waals surface area (Å²) in [5, 5.41) is 3.19. The lowest BCUT2D eigenvalue weighted by atomic mass is 10.2. The summed E-state index contributed by atoms with van der Waals surface area (Å²) in [6.07, 6.45) is -0.364. The maximum atomic E-state index is 12.1. The Labute approximate surface area is 165 Å². The predicted molar refractivity (Wildman–Crippen MR) is 102 cm³/mol. The number of amides is 1. The molecule has 0 bridgehead atoms. The second-order valence-electron chi connectivity index (χ2n) is 6.36. The first-order valence-electron chi connectivity index (χ1n) is 8.95. The summed E-state index contributed by atoms with van der Waals surface area (Å²) < 4.78 is 21.3. The van der Waals surface area contributed by atoms with Crippen molar-refractivity contribution in [1.29, 1.82) is 0 Å². The van der Waals surface area contributed by atoms with Crippen LogP contribution in [0.3, 0.4) is 0 Å². The Morgan fingerprint density at radius 3 is 2.69 bits per heavy atom. The maximum absolute atomic E-state index is 12.1. The van der Waals surface area contributed by atoms with Crippen LogP contribution in [-0.2, 0) is 9.53 Å². The van der Waals surface area contributed by atoms with Crippen LogP contribution in [0, 0.1) is 0 Å². The molecule has 4 rings (SSSR count). The molecule has 1 amide bonds. The fraction of sp³-hybridized carbons (Fsp3) is 0.190. The van der Waals surface area contributed by atoms with Gasteiger partial charge in [0.2, 0.25) is 0 Å². The van der Waals surface area contributed by atoms with Crippen molar-refractivity contribution in [2.75, 3.05) is 19.8 Å². The molecule has 29 heavy (non-hydrogen) atoms. The van der Waals surface area contributed by atoms with Gasteiger partial charge in [0.05, 0.1) is 6.54 Å². The van der Waals surface area contributed by atoms with E-state index >= 15 is 0 Å². The number of benzene rings is 2. The van der Waals surface area contributed by atoms with Crippen LogP contribution in [0.5, 0.6) is 11.5 Å². The summed E-state index contributed by atoms with van der Waals surface area (Å²) in [5.41, 5.74) is -0.722. The number of hydrogen-bond donors (Lipinski definition) is 1. The fourth-order valence-electron chi connectivity index (χ4n) is 2.86. The minimum absolute atomic E-state index is 0.183. The lowest BCUT2D eigenvalue weighted by Crippen LogP contribution is -2.42. The van der Waals surface area contributed by atoms with Gasteiger partial charge in [-0.1, -0.05) is 30.3 Å². The van der Waals surface area contributed by atoms with Gasteiger partial charge in [0.15, 0.2) is 18.1 Å². The zero-order valence-corrected chi connectivity index (χ0v) is 15.3. The molecule has 148 valence electrons. The molecule has 0 saturated carbocycles. The highest BCUT2D eigenvalue weighted by Gasteiger charge is 2.22. The Morgan fingerprint density at radius 2 is 1.83 bits per heavy atom. The van der Waals surface area contributed by atoms with E-state index in [1.54, 1.807) is 36.4 Å². The molecule has 2 aromatic carbocycles. The average Bonchev–Trinajstić information content (AvgIpc) is 2.75. The molecule has 0 radical (unpaired) electrons. The van der Waals surface area contributed by atoms with E-state index in [2.05, 4.69) is 5.32 Å². The van der Waals surface area contributed by atoms with Crippen molar-refractivity contribution < 1.29 is 28.2 Å². The molecule has 8 nitrogen and oxygen atoms in total. The smallest absolute Gasteiger partial charge is 0.351 e. The Kier molecular flexibility index (Phi) is 5.15. The molecule has 0 fully saturated rings. The summed E-state index contributed by atoms with van der Waals surface area (Å²) in [4.78, 5) is 36.1. The molecule has 0 aliphatic carbocycles. The highest BCUT2D eigenvalue weighted by molar-refractivity contribution is 5.94. The van der Waals surface area contributed by atoms with Gasteiger partial charge >= 0.3 is 11.6 Å². The molecular formula is C21H17NO7. The fourth-order valence-corrected chi connectivity index (χ4v) is 2.86. The van der Waals surface area contributed by atoms with E-state index in [9.17, 15) is 14.4 Å². The van der Waals surface area contributed by atoms with Crippen molar-refractivity contribution in [2.24, 2.45) is 0 Å². The number of carbonyl (C=O) groups is 2. The molecule has 1 atom stereocenters. The molecule has 0 spiro atoms. The van der Waals surface area contributed by atoms with Crippen LogP contribution in [0.15, 0.2) is 63.8 Å². The Morgan fingerprint density at radius 1 is 1.07 bits per heavy atom. The third-order valence-corrected chi connectivity index (χ3v) is 4.29. The molecule has 0 unspecified atom stereocenters. The van der Waals surface area contributed by atoms with Gasteiger partial charge in [0, 0.05) is 5.39 Å².